The van der Waals surface area contributed by atoms with Crippen LogP contribution in [0.3, 0.4) is 0 Å². The van der Waals surface area contributed by atoms with Crippen LogP contribution in [0.15, 0.2) is 12.1 Å². The number of carbonyl (C=O) groups is 3. The van der Waals surface area contributed by atoms with Crippen molar-refractivity contribution in [1.29, 1.82) is 0 Å². The van der Waals surface area contributed by atoms with Crippen LogP contribution in [0.5, 0.6) is 0 Å². The van der Waals surface area contributed by atoms with Crippen LogP contribution in [0.4, 0.5) is 0 Å². The van der Waals surface area contributed by atoms with Crippen molar-refractivity contribution in [2.45, 2.75) is 56.8 Å². The van der Waals surface area contributed by atoms with Crippen molar-refractivity contribution >= 4 is 17.7 Å². The zero-order chi connectivity index (χ0) is 18.5. The summed E-state index contributed by atoms with van der Waals surface area (Å²) >= 11 is 0. The zero-order valence-corrected chi connectivity index (χ0v) is 14.6. The Morgan fingerprint density at radius 2 is 2.12 bits per heavy atom. The van der Waals surface area contributed by atoms with Gasteiger partial charge in [-0.15, -0.1) is 0 Å². The highest BCUT2D eigenvalue weighted by molar-refractivity contribution is 6.05. The number of nitrogens with one attached hydrogen (secondary N) is 2. The van der Waals surface area contributed by atoms with Crippen molar-refractivity contribution in [1.82, 2.24) is 20.5 Å². The van der Waals surface area contributed by atoms with Gasteiger partial charge in [0.15, 0.2) is 0 Å². The smallest absolute Gasteiger partial charge is 0.256 e. The summed E-state index contributed by atoms with van der Waals surface area (Å²) in [6.07, 6.45) is 1.67. The van der Waals surface area contributed by atoms with Crippen LogP contribution in [0, 0.1) is 0 Å². The third kappa shape index (κ3) is 2.79. The summed E-state index contributed by atoms with van der Waals surface area (Å²) in [4.78, 5) is 42.2. The van der Waals surface area contributed by atoms with Crippen LogP contribution in [-0.4, -0.2) is 51.3 Å². The minimum Gasteiger partial charge on any atom is -0.383 e. The van der Waals surface area contributed by atoms with Crippen LogP contribution >= 0.6 is 0 Å². The van der Waals surface area contributed by atoms with Gasteiger partial charge >= 0.3 is 0 Å². The van der Waals surface area contributed by atoms with Crippen LogP contribution in [0.1, 0.15) is 54.4 Å². The standard InChI is InChI=1S/C18H22N4O4/c1-10-8-18(26,6-7-19-10)14-4-2-11-12(20-14)9-22(17(11)25)13-3-5-15(23)21-16(13)24/h2,4,10,13,19,26H,3,5-9H2,1H3,(H,21,23,24). The Kier molecular flexibility index (Phi) is 4.04. The first-order valence-corrected chi connectivity index (χ1v) is 8.98. The van der Waals surface area contributed by atoms with Crippen LogP contribution < -0.4 is 10.6 Å². The molecule has 0 aromatic carbocycles. The van der Waals surface area contributed by atoms with Crippen LogP contribution in [0.25, 0.3) is 0 Å². The molecular weight excluding hydrogens is 336 g/mol. The fourth-order valence-corrected chi connectivity index (χ4v) is 4.13. The lowest BCUT2D eigenvalue weighted by atomic mass is 9.85. The maximum absolute atomic E-state index is 12.7. The van der Waals surface area contributed by atoms with Gasteiger partial charge in [0.25, 0.3) is 5.91 Å². The van der Waals surface area contributed by atoms with Gasteiger partial charge in [-0.3, -0.25) is 24.7 Å². The molecule has 138 valence electrons. The molecule has 0 bridgehead atoms. The largest absolute Gasteiger partial charge is 0.383 e. The topological polar surface area (TPSA) is 112 Å². The van der Waals surface area contributed by atoms with E-state index in [-0.39, 0.29) is 30.8 Å². The number of piperidine rings is 2. The highest BCUT2D eigenvalue weighted by Gasteiger charge is 2.41. The molecule has 3 aliphatic heterocycles. The van der Waals surface area contributed by atoms with Crippen molar-refractivity contribution in [2.75, 3.05) is 6.54 Å². The third-order valence-electron chi connectivity index (χ3n) is 5.52. The lowest BCUT2D eigenvalue weighted by Crippen LogP contribution is -2.52. The zero-order valence-electron chi connectivity index (χ0n) is 14.6. The molecule has 0 aliphatic carbocycles. The second kappa shape index (κ2) is 6.14. The lowest BCUT2D eigenvalue weighted by molar-refractivity contribution is -0.136. The van der Waals surface area contributed by atoms with Gasteiger partial charge in [-0.25, -0.2) is 0 Å². The maximum Gasteiger partial charge on any atom is 0.256 e. The number of pyridine rings is 1. The molecule has 1 aromatic rings. The van der Waals surface area contributed by atoms with Gasteiger partial charge in [-0.05, 0) is 44.9 Å². The van der Waals surface area contributed by atoms with Gasteiger partial charge in [0.1, 0.15) is 11.6 Å². The van der Waals surface area contributed by atoms with Crippen molar-refractivity contribution in [2.24, 2.45) is 0 Å². The summed E-state index contributed by atoms with van der Waals surface area (Å²) in [5, 5.41) is 16.6. The molecule has 3 amide bonds. The first kappa shape index (κ1) is 17.1. The predicted octanol–water partition coefficient (Wildman–Crippen LogP) is -0.198. The molecule has 4 rings (SSSR count). The van der Waals surface area contributed by atoms with E-state index in [1.165, 1.54) is 4.90 Å². The summed E-state index contributed by atoms with van der Waals surface area (Å²) in [6, 6.07) is 2.93. The minimum absolute atomic E-state index is 0.186. The van der Waals surface area contributed by atoms with Gasteiger partial charge in [0, 0.05) is 12.5 Å². The van der Waals surface area contributed by atoms with E-state index in [2.05, 4.69) is 15.6 Å². The van der Waals surface area contributed by atoms with E-state index in [1.54, 1.807) is 12.1 Å². The van der Waals surface area contributed by atoms with Crippen molar-refractivity contribution in [3.05, 3.63) is 29.1 Å². The molecule has 1 aromatic heterocycles. The number of hydrogen-bond acceptors (Lipinski definition) is 6. The number of aliphatic hydroxyl groups is 1. The molecule has 8 nitrogen and oxygen atoms in total. The Bertz CT molecular complexity index is 795. The molecule has 0 spiro atoms. The number of amides is 3. The van der Waals surface area contributed by atoms with Gasteiger partial charge in [-0.1, -0.05) is 0 Å². The highest BCUT2D eigenvalue weighted by atomic mass is 16.3. The van der Waals surface area contributed by atoms with E-state index in [4.69, 9.17) is 0 Å². The SMILES string of the molecule is CC1CC(O)(c2ccc3c(n2)CN(C2CCC(=O)NC2=O)C3=O)CCN1. The Hall–Kier alpha value is -2.32. The highest BCUT2D eigenvalue weighted by Crippen LogP contribution is 2.34. The summed E-state index contributed by atoms with van der Waals surface area (Å²) in [5.74, 6) is -0.995. The molecule has 3 aliphatic rings. The summed E-state index contributed by atoms with van der Waals surface area (Å²) in [5.41, 5.74) is 0.605. The molecule has 8 heteroatoms. The summed E-state index contributed by atoms with van der Waals surface area (Å²) in [7, 11) is 0. The van der Waals surface area contributed by atoms with E-state index in [9.17, 15) is 19.5 Å². The number of fused-ring (bicyclic) bond motifs is 1. The van der Waals surface area contributed by atoms with Gasteiger partial charge < -0.3 is 15.3 Å². The number of rotatable bonds is 2. The molecule has 2 saturated heterocycles. The molecule has 4 heterocycles. The first-order valence-electron chi connectivity index (χ1n) is 8.98. The second-order valence-electron chi connectivity index (χ2n) is 7.43. The number of imide groups is 1. The van der Waals surface area contributed by atoms with Gasteiger partial charge in [0.05, 0.1) is 23.5 Å². The molecular formula is C18H22N4O4. The second-order valence-corrected chi connectivity index (χ2v) is 7.43. The van der Waals surface area contributed by atoms with E-state index >= 15 is 0 Å². The van der Waals surface area contributed by atoms with E-state index in [1.807, 2.05) is 6.92 Å². The Morgan fingerprint density at radius 3 is 2.85 bits per heavy atom. The minimum atomic E-state index is -1.01. The Balaban J connectivity index is 1.59. The Labute approximate surface area is 151 Å². The summed E-state index contributed by atoms with van der Waals surface area (Å²) in [6.45, 7) is 2.95. The quantitative estimate of drug-likeness (QED) is 0.632. The van der Waals surface area contributed by atoms with Crippen molar-refractivity contribution in [3.63, 3.8) is 0 Å². The predicted molar refractivity (Wildman–Crippen MR) is 90.9 cm³/mol. The number of aromatic nitrogens is 1. The molecule has 0 saturated carbocycles. The maximum atomic E-state index is 12.7. The first-order chi connectivity index (χ1) is 12.4. The van der Waals surface area contributed by atoms with Crippen molar-refractivity contribution in [3.8, 4) is 0 Å². The van der Waals surface area contributed by atoms with E-state index in [0.717, 1.165) is 0 Å². The molecule has 2 fully saturated rings. The van der Waals surface area contributed by atoms with Crippen molar-refractivity contribution < 1.29 is 19.5 Å². The lowest BCUT2D eigenvalue weighted by Gasteiger charge is -2.35. The third-order valence-corrected chi connectivity index (χ3v) is 5.52. The molecule has 3 atom stereocenters. The van der Waals surface area contributed by atoms with E-state index in [0.29, 0.717) is 42.8 Å². The fraction of sp³-hybridized carbons (Fsp3) is 0.556. The molecule has 26 heavy (non-hydrogen) atoms. The van der Waals surface area contributed by atoms with Crippen LogP contribution in [-0.2, 0) is 21.7 Å². The summed E-state index contributed by atoms with van der Waals surface area (Å²) < 4.78 is 0. The number of hydrogen-bond donors (Lipinski definition) is 3. The average Bonchev–Trinajstić information content (AvgIpc) is 2.91. The van der Waals surface area contributed by atoms with Gasteiger partial charge in [-0.2, -0.15) is 0 Å². The normalized spacial score (nSPS) is 31.8. The number of carbonyl (C=O) groups excluding carboxylic acids is 3. The molecule has 0 radical (unpaired) electrons. The number of nitrogens with zero attached hydrogens (tertiary/aromatic N) is 2. The van der Waals surface area contributed by atoms with Gasteiger partial charge in [0.2, 0.25) is 11.8 Å². The molecule has 3 N–H and O–H groups in total. The molecule has 3 unspecified atom stereocenters. The fourth-order valence-electron chi connectivity index (χ4n) is 4.13. The van der Waals surface area contributed by atoms with E-state index < -0.39 is 17.6 Å². The van der Waals surface area contributed by atoms with Crippen LogP contribution in [0.2, 0.25) is 0 Å². The average molecular weight is 358 g/mol. The Morgan fingerprint density at radius 1 is 1.31 bits per heavy atom. The monoisotopic (exact) mass is 358 g/mol.